The molecule has 5 heteroatoms. The summed E-state index contributed by atoms with van der Waals surface area (Å²) in [5.74, 6) is 0.894. The highest BCUT2D eigenvalue weighted by Gasteiger charge is 2.16. The maximum absolute atomic E-state index is 12.2. The van der Waals surface area contributed by atoms with Crippen LogP contribution in [0.2, 0.25) is 0 Å². The lowest BCUT2D eigenvalue weighted by Gasteiger charge is -2.19. The third-order valence-corrected chi connectivity index (χ3v) is 6.96. The van der Waals surface area contributed by atoms with E-state index in [4.69, 9.17) is 4.52 Å². The molecule has 1 unspecified atom stereocenters. The molecule has 116 valence electrons. The normalized spacial score (nSPS) is 14.8. The molecule has 0 saturated heterocycles. The van der Waals surface area contributed by atoms with Gasteiger partial charge in [-0.1, -0.05) is 57.8 Å². The highest BCUT2D eigenvalue weighted by molar-refractivity contribution is 8.56. The average molecular weight is 309 g/mol. The van der Waals surface area contributed by atoms with Crippen LogP contribution in [-0.4, -0.2) is 43.6 Å². The Morgan fingerprint density at radius 2 is 1.68 bits per heavy atom. The Bertz CT molecular complexity index is 248. The molecule has 19 heavy (non-hydrogen) atoms. The Morgan fingerprint density at radius 3 is 2.26 bits per heavy atom. The van der Waals surface area contributed by atoms with Gasteiger partial charge in [0.15, 0.2) is 0 Å². The van der Waals surface area contributed by atoms with Gasteiger partial charge < -0.3 is 9.42 Å². The van der Waals surface area contributed by atoms with E-state index in [1.807, 2.05) is 0 Å². The zero-order valence-corrected chi connectivity index (χ0v) is 14.9. The maximum Gasteiger partial charge on any atom is 0.254 e. The Morgan fingerprint density at radius 1 is 1.05 bits per heavy atom. The molecule has 0 bridgehead atoms. The summed E-state index contributed by atoms with van der Waals surface area (Å²) in [5.41, 5.74) is 0. The zero-order chi connectivity index (χ0) is 14.6. The summed E-state index contributed by atoms with van der Waals surface area (Å²) in [6.07, 6.45) is 6.05. The predicted octanol–water partition coefficient (Wildman–Crippen LogP) is 4.87. The summed E-state index contributed by atoms with van der Waals surface area (Å²) in [4.78, 5) is 2.34. The molecule has 0 saturated carbocycles. The van der Waals surface area contributed by atoms with E-state index in [9.17, 15) is 4.57 Å². The van der Waals surface area contributed by atoms with E-state index in [1.54, 1.807) is 6.66 Å². The van der Waals surface area contributed by atoms with Gasteiger partial charge >= 0.3 is 0 Å². The van der Waals surface area contributed by atoms with E-state index in [0.717, 1.165) is 31.8 Å². The number of nitrogens with zero attached hydrogens (tertiary/aromatic N) is 1. The van der Waals surface area contributed by atoms with Gasteiger partial charge in [-0.2, -0.15) is 0 Å². The van der Waals surface area contributed by atoms with Crippen molar-refractivity contribution in [2.24, 2.45) is 0 Å². The molecule has 3 nitrogen and oxygen atoms in total. The maximum atomic E-state index is 12.2. The van der Waals surface area contributed by atoms with Gasteiger partial charge in [-0.05, 0) is 19.5 Å². The van der Waals surface area contributed by atoms with Crippen LogP contribution in [-0.2, 0) is 9.09 Å². The van der Waals surface area contributed by atoms with Crippen LogP contribution in [0.1, 0.15) is 52.9 Å². The fourth-order valence-electron chi connectivity index (χ4n) is 1.85. The van der Waals surface area contributed by atoms with Crippen LogP contribution < -0.4 is 0 Å². The summed E-state index contributed by atoms with van der Waals surface area (Å²) in [7, 11) is 0. The van der Waals surface area contributed by atoms with Gasteiger partial charge in [-0.15, -0.1) is 0 Å². The number of rotatable bonds is 13. The second-order valence-corrected chi connectivity index (χ2v) is 10.1. The molecule has 0 rings (SSSR count). The molecule has 0 radical (unpaired) electrons. The molecule has 0 aromatic carbocycles. The highest BCUT2D eigenvalue weighted by atomic mass is 32.7. The molecule has 0 aliphatic heterocycles. The fraction of sp³-hybridized carbons (Fsp3) is 1.00. The van der Waals surface area contributed by atoms with Crippen molar-refractivity contribution in [3.05, 3.63) is 0 Å². The van der Waals surface area contributed by atoms with E-state index < -0.39 is 6.57 Å². The Kier molecular flexibility index (Phi) is 12.6. The molecule has 1 atom stereocenters. The van der Waals surface area contributed by atoms with E-state index >= 15 is 0 Å². The van der Waals surface area contributed by atoms with Crippen molar-refractivity contribution in [2.75, 3.05) is 38.7 Å². The quantitative estimate of drug-likeness (QED) is 0.358. The topological polar surface area (TPSA) is 29.5 Å². The Labute approximate surface area is 124 Å². The van der Waals surface area contributed by atoms with Gasteiger partial charge in [-0.25, -0.2) is 0 Å². The largest absolute Gasteiger partial charge is 0.321 e. The second kappa shape index (κ2) is 12.3. The minimum atomic E-state index is -2.44. The average Bonchev–Trinajstić information content (AvgIpc) is 2.39. The molecule has 0 N–H and O–H groups in total. The molecule has 0 amide bonds. The van der Waals surface area contributed by atoms with Crippen LogP contribution in [0.15, 0.2) is 0 Å². The van der Waals surface area contributed by atoms with Crippen molar-refractivity contribution < 1.29 is 9.09 Å². The monoisotopic (exact) mass is 309 g/mol. The van der Waals surface area contributed by atoms with Crippen molar-refractivity contribution in [1.29, 1.82) is 0 Å². The molecule has 0 spiro atoms. The smallest absolute Gasteiger partial charge is 0.254 e. The van der Waals surface area contributed by atoms with Gasteiger partial charge in [0.05, 0.1) is 6.61 Å². The molecule has 0 heterocycles. The van der Waals surface area contributed by atoms with E-state index in [1.165, 1.54) is 37.1 Å². The van der Waals surface area contributed by atoms with Gasteiger partial charge in [0, 0.05) is 19.0 Å². The third-order valence-electron chi connectivity index (χ3n) is 3.20. The lowest BCUT2D eigenvalue weighted by atomic mass is 10.2. The van der Waals surface area contributed by atoms with Crippen LogP contribution in [0.3, 0.4) is 0 Å². The minimum absolute atomic E-state index is 0.649. The van der Waals surface area contributed by atoms with Crippen LogP contribution >= 0.6 is 18.0 Å². The molecule has 0 fully saturated rings. The van der Waals surface area contributed by atoms with Gasteiger partial charge in [0.1, 0.15) is 0 Å². The number of hydrogen-bond donors (Lipinski definition) is 0. The van der Waals surface area contributed by atoms with Gasteiger partial charge in [0.2, 0.25) is 0 Å². The first-order chi connectivity index (χ1) is 9.05. The highest BCUT2D eigenvalue weighted by Crippen LogP contribution is 2.56. The van der Waals surface area contributed by atoms with Crippen molar-refractivity contribution in [3.8, 4) is 0 Å². The number of hydrogen-bond acceptors (Lipinski definition) is 4. The first-order valence-corrected chi connectivity index (χ1v) is 11.3. The van der Waals surface area contributed by atoms with Gasteiger partial charge in [-0.3, -0.25) is 4.57 Å². The van der Waals surface area contributed by atoms with Crippen molar-refractivity contribution in [1.82, 2.24) is 4.90 Å². The standard InChI is InChI=1S/C14H32NO2PS/c1-5-8-9-10-11-13-17-18(4,16)19-14-12-15(6-2)7-3/h5-14H2,1-4H3. The summed E-state index contributed by atoms with van der Waals surface area (Å²) in [5, 5.41) is 0. The van der Waals surface area contributed by atoms with E-state index in [0.29, 0.717) is 6.61 Å². The summed E-state index contributed by atoms with van der Waals surface area (Å²) >= 11 is 1.50. The van der Waals surface area contributed by atoms with Crippen LogP contribution in [0, 0.1) is 0 Å². The molecule has 0 aliphatic rings. The molecule has 0 aromatic rings. The molecular weight excluding hydrogens is 277 g/mol. The number of unbranched alkanes of at least 4 members (excludes halogenated alkanes) is 4. The SMILES string of the molecule is CCCCCCCOP(C)(=O)SCCN(CC)CC. The van der Waals surface area contributed by atoms with Crippen LogP contribution in [0.4, 0.5) is 0 Å². The first-order valence-electron chi connectivity index (χ1n) is 7.64. The summed E-state index contributed by atoms with van der Waals surface area (Å²) in [6.45, 7) is 9.61. The van der Waals surface area contributed by atoms with Crippen molar-refractivity contribution >= 4 is 18.0 Å². The van der Waals surface area contributed by atoms with Crippen LogP contribution in [0.5, 0.6) is 0 Å². The molecule has 0 aromatic heterocycles. The zero-order valence-electron chi connectivity index (χ0n) is 13.2. The Hall–Kier alpha value is 0.500. The van der Waals surface area contributed by atoms with Gasteiger partial charge in [0.25, 0.3) is 6.57 Å². The van der Waals surface area contributed by atoms with Crippen molar-refractivity contribution in [2.45, 2.75) is 52.9 Å². The third kappa shape index (κ3) is 12.0. The van der Waals surface area contributed by atoms with E-state index in [2.05, 4.69) is 25.7 Å². The lowest BCUT2D eigenvalue weighted by Crippen LogP contribution is -2.25. The van der Waals surface area contributed by atoms with Crippen LogP contribution in [0.25, 0.3) is 0 Å². The predicted molar refractivity (Wildman–Crippen MR) is 88.5 cm³/mol. The molecular formula is C14H32NO2PS. The summed E-state index contributed by atoms with van der Waals surface area (Å²) in [6, 6.07) is 0. The van der Waals surface area contributed by atoms with Crippen molar-refractivity contribution in [3.63, 3.8) is 0 Å². The summed E-state index contributed by atoms with van der Waals surface area (Å²) < 4.78 is 17.7. The first kappa shape index (κ1) is 19.5. The Balaban J connectivity index is 3.60. The molecule has 0 aliphatic carbocycles. The minimum Gasteiger partial charge on any atom is -0.321 e. The van der Waals surface area contributed by atoms with E-state index in [-0.39, 0.29) is 0 Å². The second-order valence-electron chi connectivity index (χ2n) is 4.88. The lowest BCUT2D eigenvalue weighted by molar-refractivity contribution is 0.314. The fourth-order valence-corrected chi connectivity index (χ4v) is 4.74.